The Labute approximate surface area is 294 Å². The molecule has 0 amide bonds. The van der Waals surface area contributed by atoms with E-state index in [2.05, 4.69) is 126 Å². The number of nitriles is 3. The van der Waals surface area contributed by atoms with Gasteiger partial charge in [0.1, 0.15) is 6.07 Å². The van der Waals surface area contributed by atoms with Crippen molar-refractivity contribution < 1.29 is 0 Å². The van der Waals surface area contributed by atoms with Crippen LogP contribution in [0.2, 0.25) is 0 Å². The molecule has 0 spiro atoms. The van der Waals surface area contributed by atoms with E-state index in [0.717, 1.165) is 61.9 Å². The van der Waals surface area contributed by atoms with Crippen LogP contribution in [0.3, 0.4) is 0 Å². The highest BCUT2D eigenvalue weighted by Gasteiger charge is 2.20. The van der Waals surface area contributed by atoms with Crippen LogP contribution in [0.5, 0.6) is 0 Å². The van der Waals surface area contributed by atoms with Gasteiger partial charge in [-0.25, -0.2) is 0 Å². The van der Waals surface area contributed by atoms with Crippen molar-refractivity contribution in [2.75, 3.05) is 0 Å². The molecule has 0 saturated heterocycles. The molecule has 0 fully saturated rings. The number of aromatic nitrogens is 2. The monoisotopic (exact) mass is 649 g/mol. The summed E-state index contributed by atoms with van der Waals surface area (Å²) in [6.45, 7) is 0. The van der Waals surface area contributed by atoms with E-state index in [0.29, 0.717) is 16.7 Å². The molecule has 0 unspecified atom stereocenters. The van der Waals surface area contributed by atoms with Gasteiger partial charge in [-0.15, -0.1) is 0 Å². The van der Waals surface area contributed by atoms with Crippen molar-refractivity contribution in [2.45, 2.75) is 6.42 Å². The molecule has 0 N–H and O–H groups in total. The molecule has 0 atom stereocenters. The van der Waals surface area contributed by atoms with E-state index in [1.54, 1.807) is 12.1 Å². The van der Waals surface area contributed by atoms with Gasteiger partial charge in [0.15, 0.2) is 0 Å². The third-order valence-corrected chi connectivity index (χ3v) is 9.83. The lowest BCUT2D eigenvalue weighted by Crippen LogP contribution is -2.02. The van der Waals surface area contributed by atoms with Gasteiger partial charge in [0, 0.05) is 45.1 Å². The summed E-state index contributed by atoms with van der Waals surface area (Å²) in [6.07, 6.45) is 9.47. The van der Waals surface area contributed by atoms with Gasteiger partial charge in [0.05, 0.1) is 51.1 Å². The number of hydrogen-bond donors (Lipinski definition) is 0. The molecular weight excluding hydrogens is 623 g/mol. The van der Waals surface area contributed by atoms with E-state index in [4.69, 9.17) is 0 Å². The Kier molecular flexibility index (Phi) is 6.96. The zero-order valence-electron chi connectivity index (χ0n) is 27.4. The molecule has 236 valence electrons. The minimum absolute atomic E-state index is 0.508. The second-order valence-electron chi connectivity index (χ2n) is 12.7. The fourth-order valence-electron chi connectivity index (χ4n) is 7.64. The zero-order chi connectivity index (χ0) is 34.5. The summed E-state index contributed by atoms with van der Waals surface area (Å²) in [4.78, 5) is 0. The first-order valence-electron chi connectivity index (χ1n) is 16.8. The van der Waals surface area contributed by atoms with Crippen LogP contribution in [0, 0.1) is 34.0 Å². The van der Waals surface area contributed by atoms with Crippen molar-refractivity contribution in [1.29, 1.82) is 15.8 Å². The van der Waals surface area contributed by atoms with Crippen LogP contribution < -0.4 is 0 Å². The van der Waals surface area contributed by atoms with Crippen LogP contribution in [-0.2, 0) is 6.42 Å². The fourth-order valence-corrected chi connectivity index (χ4v) is 7.64. The second-order valence-corrected chi connectivity index (χ2v) is 12.7. The summed E-state index contributed by atoms with van der Waals surface area (Å²) in [6, 6.07) is 49.6. The maximum Gasteiger partial charge on any atom is 0.101 e. The van der Waals surface area contributed by atoms with Crippen molar-refractivity contribution in [3.05, 3.63) is 174 Å². The lowest BCUT2D eigenvalue weighted by atomic mass is 9.96. The van der Waals surface area contributed by atoms with Gasteiger partial charge in [-0.1, -0.05) is 91.0 Å². The molecule has 2 aromatic heterocycles. The van der Waals surface area contributed by atoms with E-state index in [1.165, 1.54) is 22.2 Å². The number of fused-ring (bicyclic) bond motifs is 6. The standard InChI is InChI=1S/C46H27N5/c47-27-30-20-21-45-41(24-30)40-16-9-12-34(29-49)46(40)50(45)36-23-31(28-48)22-35(26-36)32-10-8-11-33(25-32)37-13-4-6-18-42(37)51-43-17-3-1-2-14-38(43)39-15-5-7-19-44(39)51/h1-16,18-26H,17H2. The predicted octanol–water partition coefficient (Wildman–Crippen LogP) is 10.8. The summed E-state index contributed by atoms with van der Waals surface area (Å²) in [7, 11) is 0. The minimum Gasteiger partial charge on any atom is -0.312 e. The van der Waals surface area contributed by atoms with Gasteiger partial charge in [-0.05, 0) is 77.4 Å². The Morgan fingerprint density at radius 2 is 1.31 bits per heavy atom. The van der Waals surface area contributed by atoms with E-state index in [1.807, 2.05) is 41.0 Å². The normalized spacial score (nSPS) is 12.0. The Morgan fingerprint density at radius 1 is 0.529 bits per heavy atom. The summed E-state index contributed by atoms with van der Waals surface area (Å²) in [5.74, 6) is 0. The van der Waals surface area contributed by atoms with Crippen LogP contribution in [-0.4, -0.2) is 9.13 Å². The number of benzene rings is 6. The molecular formula is C46H27N5. The average molecular weight is 650 g/mol. The van der Waals surface area contributed by atoms with Gasteiger partial charge in [0.25, 0.3) is 0 Å². The molecule has 0 aliphatic heterocycles. The van der Waals surface area contributed by atoms with Crippen molar-refractivity contribution >= 4 is 38.8 Å². The zero-order valence-corrected chi connectivity index (χ0v) is 27.4. The SMILES string of the molecule is N#Cc1cc(-c2cccc(-c3ccccc3-n3c4c(c5ccccc53)C=CC=CC4)c2)cc(-n2c3ccc(C#N)cc3c3cccc(C#N)c32)c1. The number of allylic oxidation sites excluding steroid dienone is 3. The molecule has 0 bridgehead atoms. The van der Waals surface area contributed by atoms with Crippen LogP contribution in [0.15, 0.2) is 146 Å². The first-order chi connectivity index (χ1) is 25.2. The maximum absolute atomic E-state index is 10.2. The third-order valence-electron chi connectivity index (χ3n) is 9.83. The van der Waals surface area contributed by atoms with Crippen LogP contribution in [0.1, 0.15) is 27.9 Å². The fraction of sp³-hybridized carbons (Fsp3) is 0.0217. The Morgan fingerprint density at radius 3 is 2.20 bits per heavy atom. The molecule has 0 saturated carbocycles. The summed E-state index contributed by atoms with van der Waals surface area (Å²) >= 11 is 0. The number of para-hydroxylation sites is 3. The first-order valence-corrected chi connectivity index (χ1v) is 16.8. The predicted molar refractivity (Wildman–Crippen MR) is 205 cm³/mol. The molecule has 0 radical (unpaired) electrons. The Bertz CT molecular complexity index is 2930. The van der Waals surface area contributed by atoms with E-state index in [-0.39, 0.29) is 0 Å². The van der Waals surface area contributed by atoms with E-state index in [9.17, 15) is 15.8 Å². The molecule has 5 heteroatoms. The van der Waals surface area contributed by atoms with Gasteiger partial charge in [-0.3, -0.25) is 0 Å². The Balaban J connectivity index is 1.23. The molecule has 9 rings (SSSR count). The van der Waals surface area contributed by atoms with Crippen molar-refractivity contribution in [1.82, 2.24) is 9.13 Å². The van der Waals surface area contributed by atoms with Crippen molar-refractivity contribution in [3.63, 3.8) is 0 Å². The maximum atomic E-state index is 10.2. The van der Waals surface area contributed by atoms with Gasteiger partial charge in [-0.2, -0.15) is 15.8 Å². The molecule has 1 aliphatic rings. The number of nitrogens with zero attached hydrogens (tertiary/aromatic N) is 5. The largest absolute Gasteiger partial charge is 0.312 e. The lowest BCUT2D eigenvalue weighted by Gasteiger charge is -2.17. The molecule has 2 heterocycles. The average Bonchev–Trinajstić information content (AvgIpc) is 3.57. The van der Waals surface area contributed by atoms with Crippen LogP contribution in [0.4, 0.5) is 0 Å². The lowest BCUT2D eigenvalue weighted by molar-refractivity contribution is 1.00. The van der Waals surface area contributed by atoms with E-state index >= 15 is 0 Å². The molecule has 1 aliphatic carbocycles. The summed E-state index contributed by atoms with van der Waals surface area (Å²) in [5, 5.41) is 33.0. The van der Waals surface area contributed by atoms with Gasteiger partial charge >= 0.3 is 0 Å². The van der Waals surface area contributed by atoms with Crippen LogP contribution >= 0.6 is 0 Å². The highest BCUT2D eigenvalue weighted by atomic mass is 15.0. The van der Waals surface area contributed by atoms with Crippen molar-refractivity contribution in [2.24, 2.45) is 0 Å². The molecule has 8 aromatic rings. The third kappa shape index (κ3) is 4.75. The van der Waals surface area contributed by atoms with Crippen molar-refractivity contribution in [3.8, 4) is 51.8 Å². The van der Waals surface area contributed by atoms with E-state index < -0.39 is 0 Å². The summed E-state index contributed by atoms with van der Waals surface area (Å²) in [5.41, 5.74) is 12.7. The quantitative estimate of drug-likeness (QED) is 0.190. The minimum atomic E-state index is 0.508. The highest BCUT2D eigenvalue weighted by Crippen LogP contribution is 2.39. The first kappa shape index (κ1) is 29.7. The second kappa shape index (κ2) is 11.9. The Hall–Kier alpha value is -7.39. The summed E-state index contributed by atoms with van der Waals surface area (Å²) < 4.78 is 4.44. The topological polar surface area (TPSA) is 81.2 Å². The smallest absolute Gasteiger partial charge is 0.101 e. The van der Waals surface area contributed by atoms with Gasteiger partial charge in [0.2, 0.25) is 0 Å². The molecule has 51 heavy (non-hydrogen) atoms. The molecule has 5 nitrogen and oxygen atoms in total. The number of hydrogen-bond acceptors (Lipinski definition) is 3. The highest BCUT2D eigenvalue weighted by molar-refractivity contribution is 6.11. The molecule has 6 aromatic carbocycles. The van der Waals surface area contributed by atoms with Gasteiger partial charge < -0.3 is 9.13 Å². The van der Waals surface area contributed by atoms with Crippen LogP contribution in [0.25, 0.3) is 72.4 Å². The number of rotatable bonds is 4.